The number of benzene rings is 1. The third-order valence-electron chi connectivity index (χ3n) is 2.11. The first-order valence-corrected chi connectivity index (χ1v) is 5.01. The van der Waals surface area contributed by atoms with Crippen LogP contribution in [0.25, 0.3) is 0 Å². The van der Waals surface area contributed by atoms with Crippen molar-refractivity contribution in [3.8, 4) is 5.75 Å². The number of methoxy groups -OCH3 is 1. The molecule has 0 amide bonds. The van der Waals surface area contributed by atoms with Gasteiger partial charge in [0.15, 0.2) is 0 Å². The maximum absolute atomic E-state index is 5.16. The van der Waals surface area contributed by atoms with Gasteiger partial charge in [-0.25, -0.2) is 0 Å². The van der Waals surface area contributed by atoms with Gasteiger partial charge in [-0.15, -0.1) is 11.8 Å². The summed E-state index contributed by atoms with van der Waals surface area (Å²) < 4.78 is 5.16. The Balaban J connectivity index is 2.35. The highest BCUT2D eigenvalue weighted by molar-refractivity contribution is 8.00. The van der Waals surface area contributed by atoms with Crippen molar-refractivity contribution >= 4 is 11.8 Å². The Morgan fingerprint density at radius 2 is 2.33 bits per heavy atom. The summed E-state index contributed by atoms with van der Waals surface area (Å²) in [4.78, 5) is 1.39. The van der Waals surface area contributed by atoms with Gasteiger partial charge < -0.3 is 4.74 Å². The third-order valence-corrected chi connectivity index (χ3v) is 3.31. The van der Waals surface area contributed by atoms with Gasteiger partial charge in [-0.3, -0.25) is 0 Å². The lowest BCUT2D eigenvalue weighted by Crippen LogP contribution is -1.90. The number of hydrogen-bond donors (Lipinski definition) is 0. The molecule has 1 heterocycles. The molecule has 1 aliphatic rings. The van der Waals surface area contributed by atoms with E-state index >= 15 is 0 Å². The Morgan fingerprint density at radius 1 is 1.50 bits per heavy atom. The highest BCUT2D eigenvalue weighted by atomic mass is 32.2. The van der Waals surface area contributed by atoms with Gasteiger partial charge in [0.2, 0.25) is 0 Å². The molecule has 1 nitrogen and oxygen atoms in total. The Kier molecular flexibility index (Phi) is 2.01. The van der Waals surface area contributed by atoms with Gasteiger partial charge in [-0.2, -0.15) is 0 Å². The van der Waals surface area contributed by atoms with Crippen LogP contribution in [0.1, 0.15) is 12.5 Å². The molecule has 0 fully saturated rings. The molecule has 0 saturated carbocycles. The van der Waals surface area contributed by atoms with Crippen LogP contribution in [0, 0.1) is 0 Å². The summed E-state index contributed by atoms with van der Waals surface area (Å²) >= 11 is 1.94. The molecule has 0 radical (unpaired) electrons. The van der Waals surface area contributed by atoms with Gasteiger partial charge in [0.25, 0.3) is 0 Å². The predicted octanol–water partition coefficient (Wildman–Crippen LogP) is 2.73. The van der Waals surface area contributed by atoms with Gasteiger partial charge in [-0.05, 0) is 24.1 Å². The van der Waals surface area contributed by atoms with Gasteiger partial charge >= 0.3 is 0 Å². The molecule has 0 spiro atoms. The minimum absolute atomic E-state index is 0.729. The Morgan fingerprint density at radius 3 is 3.08 bits per heavy atom. The quantitative estimate of drug-likeness (QED) is 0.657. The second-order valence-corrected chi connectivity index (χ2v) is 4.59. The Labute approximate surface area is 77.1 Å². The number of ether oxygens (including phenoxy) is 1. The van der Waals surface area contributed by atoms with Crippen LogP contribution < -0.4 is 4.74 Å². The zero-order chi connectivity index (χ0) is 8.55. The molecule has 0 N–H and O–H groups in total. The van der Waals surface area contributed by atoms with Crippen LogP contribution in [-0.4, -0.2) is 12.4 Å². The zero-order valence-corrected chi connectivity index (χ0v) is 8.15. The van der Waals surface area contributed by atoms with E-state index in [9.17, 15) is 0 Å². The van der Waals surface area contributed by atoms with Crippen LogP contribution in [0.2, 0.25) is 0 Å². The van der Waals surface area contributed by atoms with Gasteiger partial charge in [0.05, 0.1) is 7.11 Å². The lowest BCUT2D eigenvalue weighted by Gasteiger charge is -2.01. The summed E-state index contributed by atoms with van der Waals surface area (Å²) in [5, 5.41) is 0.729. The van der Waals surface area contributed by atoms with E-state index in [1.165, 1.54) is 16.9 Å². The van der Waals surface area contributed by atoms with Crippen molar-refractivity contribution < 1.29 is 4.74 Å². The molecule has 0 bridgehead atoms. The van der Waals surface area contributed by atoms with E-state index in [0.717, 1.165) is 11.0 Å². The minimum Gasteiger partial charge on any atom is -0.497 e. The highest BCUT2D eigenvalue weighted by Gasteiger charge is 2.18. The smallest absolute Gasteiger partial charge is 0.119 e. The number of rotatable bonds is 1. The first-order chi connectivity index (χ1) is 5.79. The average molecular weight is 180 g/mol. The van der Waals surface area contributed by atoms with Crippen molar-refractivity contribution in [3.63, 3.8) is 0 Å². The maximum atomic E-state index is 5.16. The molecule has 2 rings (SSSR count). The van der Waals surface area contributed by atoms with Crippen LogP contribution in [0.3, 0.4) is 0 Å². The summed E-state index contributed by atoms with van der Waals surface area (Å²) in [5.74, 6) is 0.968. The van der Waals surface area contributed by atoms with E-state index in [4.69, 9.17) is 4.74 Å². The molecule has 2 heteroatoms. The second kappa shape index (κ2) is 3.02. The molecule has 1 aromatic carbocycles. The monoisotopic (exact) mass is 180 g/mol. The minimum atomic E-state index is 0.729. The van der Waals surface area contributed by atoms with Crippen LogP contribution in [0.4, 0.5) is 0 Å². The normalized spacial score (nSPS) is 20.7. The zero-order valence-electron chi connectivity index (χ0n) is 7.33. The van der Waals surface area contributed by atoms with E-state index in [1.54, 1.807) is 7.11 Å². The molecule has 0 aliphatic carbocycles. The lowest BCUT2D eigenvalue weighted by molar-refractivity contribution is 0.413. The number of fused-ring (bicyclic) bond motifs is 1. The van der Waals surface area contributed by atoms with Crippen molar-refractivity contribution in [3.05, 3.63) is 23.8 Å². The van der Waals surface area contributed by atoms with Crippen molar-refractivity contribution in [1.29, 1.82) is 0 Å². The molecule has 0 aromatic heterocycles. The fourth-order valence-electron chi connectivity index (χ4n) is 1.51. The molecular formula is C10H12OS. The molecular weight excluding hydrogens is 168 g/mol. The SMILES string of the molecule is COc1ccc2c(c1)SC(C)C2. The summed E-state index contributed by atoms with van der Waals surface area (Å²) in [6.45, 7) is 2.26. The number of thioether (sulfide) groups is 1. The van der Waals surface area contributed by atoms with E-state index in [1.807, 2.05) is 17.8 Å². The second-order valence-electron chi connectivity index (χ2n) is 3.11. The third kappa shape index (κ3) is 1.31. The predicted molar refractivity (Wildman–Crippen MR) is 52.0 cm³/mol. The fraction of sp³-hybridized carbons (Fsp3) is 0.400. The first kappa shape index (κ1) is 7.99. The topological polar surface area (TPSA) is 9.23 Å². The van der Waals surface area contributed by atoms with E-state index in [-0.39, 0.29) is 0 Å². The van der Waals surface area contributed by atoms with Crippen LogP contribution in [0.15, 0.2) is 23.1 Å². The lowest BCUT2D eigenvalue weighted by atomic mass is 10.1. The van der Waals surface area contributed by atoms with Crippen LogP contribution in [0.5, 0.6) is 5.75 Å². The maximum Gasteiger partial charge on any atom is 0.119 e. The summed E-state index contributed by atoms with van der Waals surface area (Å²) in [6.07, 6.45) is 1.20. The highest BCUT2D eigenvalue weighted by Crippen LogP contribution is 2.38. The fourth-order valence-corrected chi connectivity index (χ4v) is 2.69. The molecule has 1 unspecified atom stereocenters. The summed E-state index contributed by atoms with van der Waals surface area (Å²) in [6, 6.07) is 6.34. The molecule has 1 atom stereocenters. The average Bonchev–Trinajstić information content (AvgIpc) is 2.43. The van der Waals surface area contributed by atoms with Crippen molar-refractivity contribution in [2.24, 2.45) is 0 Å². The standard InChI is InChI=1S/C10H12OS/c1-7-5-8-3-4-9(11-2)6-10(8)12-7/h3-4,6-7H,5H2,1-2H3. The van der Waals surface area contributed by atoms with E-state index in [2.05, 4.69) is 19.1 Å². The molecule has 64 valence electrons. The molecule has 1 aromatic rings. The van der Waals surface area contributed by atoms with E-state index < -0.39 is 0 Å². The summed E-state index contributed by atoms with van der Waals surface area (Å²) in [5.41, 5.74) is 1.47. The van der Waals surface area contributed by atoms with Gasteiger partial charge in [-0.1, -0.05) is 13.0 Å². The Hall–Kier alpha value is -0.630. The Bertz CT molecular complexity index is 296. The van der Waals surface area contributed by atoms with Crippen molar-refractivity contribution in [1.82, 2.24) is 0 Å². The largest absolute Gasteiger partial charge is 0.497 e. The molecule has 0 saturated heterocycles. The van der Waals surface area contributed by atoms with Crippen molar-refractivity contribution in [2.45, 2.75) is 23.5 Å². The van der Waals surface area contributed by atoms with Gasteiger partial charge in [0, 0.05) is 10.1 Å². The molecule has 12 heavy (non-hydrogen) atoms. The molecule has 1 aliphatic heterocycles. The van der Waals surface area contributed by atoms with Crippen molar-refractivity contribution in [2.75, 3.05) is 7.11 Å². The summed E-state index contributed by atoms with van der Waals surface area (Å²) in [7, 11) is 1.71. The van der Waals surface area contributed by atoms with Crippen LogP contribution in [-0.2, 0) is 6.42 Å². The van der Waals surface area contributed by atoms with E-state index in [0.29, 0.717) is 0 Å². The van der Waals surface area contributed by atoms with Crippen LogP contribution >= 0.6 is 11.8 Å². The first-order valence-electron chi connectivity index (χ1n) is 4.13. The van der Waals surface area contributed by atoms with Gasteiger partial charge in [0.1, 0.15) is 5.75 Å². The number of hydrogen-bond acceptors (Lipinski definition) is 2.